The minimum absolute atomic E-state index is 0.197. The molecule has 118 valence electrons. The molecule has 0 aliphatic rings. The lowest BCUT2D eigenvalue weighted by atomic mass is 10.2. The van der Waals surface area contributed by atoms with Crippen LogP contribution in [-0.4, -0.2) is 15.8 Å². The average Bonchev–Trinajstić information content (AvgIpc) is 2.49. The molecular formula is C16H18ClNO3S. The molecule has 22 heavy (non-hydrogen) atoms. The minimum Gasteiger partial charge on any atom is -0.488 e. The first-order valence-corrected chi connectivity index (χ1v) is 8.89. The van der Waals surface area contributed by atoms with Gasteiger partial charge in [-0.15, -0.1) is 0 Å². The fraction of sp³-hybridized carbons (Fsp3) is 0.312. The van der Waals surface area contributed by atoms with Gasteiger partial charge in [0.25, 0.3) is 0 Å². The zero-order valence-electron chi connectivity index (χ0n) is 12.3. The monoisotopic (exact) mass is 339 g/mol. The topological polar surface area (TPSA) is 59.2 Å². The molecule has 0 saturated heterocycles. The number of hydrogen-bond acceptors (Lipinski definition) is 3. The first-order valence-electron chi connectivity index (χ1n) is 7.03. The predicted molar refractivity (Wildman–Crippen MR) is 89.9 cm³/mol. The van der Waals surface area contributed by atoms with E-state index in [-0.39, 0.29) is 11.2 Å². The summed E-state index contributed by atoms with van der Waals surface area (Å²) in [5.41, 5.74) is 1.27. The Morgan fingerprint density at radius 2 is 2.05 bits per heavy atom. The molecule has 2 rings (SSSR count). The van der Waals surface area contributed by atoms with Crippen LogP contribution in [0.2, 0.25) is 5.02 Å². The van der Waals surface area contributed by atoms with Crippen LogP contribution < -0.4 is 10.2 Å². The maximum Gasteiger partial charge on any atom is 0.223 e. The Hall–Kier alpha value is -1.59. The van der Waals surface area contributed by atoms with E-state index in [1.807, 2.05) is 25.1 Å². The molecule has 4 nitrogen and oxygen atoms in total. The van der Waals surface area contributed by atoms with Crippen molar-refractivity contribution in [2.24, 2.45) is 0 Å². The summed E-state index contributed by atoms with van der Waals surface area (Å²) in [6.45, 7) is 2.47. The van der Waals surface area contributed by atoms with Crippen molar-refractivity contribution < 1.29 is 8.95 Å². The summed E-state index contributed by atoms with van der Waals surface area (Å²) >= 11 is 6.06. The number of pyridine rings is 1. The van der Waals surface area contributed by atoms with Gasteiger partial charge in [-0.25, -0.2) is 0 Å². The predicted octanol–water partition coefficient (Wildman–Crippen LogP) is 3.27. The molecule has 0 amide bonds. The average molecular weight is 340 g/mol. The highest BCUT2D eigenvalue weighted by Crippen LogP contribution is 2.17. The summed E-state index contributed by atoms with van der Waals surface area (Å²) in [4.78, 5) is 14.8. The van der Waals surface area contributed by atoms with Gasteiger partial charge in [-0.2, -0.15) is 0 Å². The molecule has 2 aromatic rings. The van der Waals surface area contributed by atoms with E-state index in [9.17, 15) is 9.00 Å². The second-order valence-electron chi connectivity index (χ2n) is 4.86. The van der Waals surface area contributed by atoms with Crippen molar-refractivity contribution in [2.45, 2.75) is 24.9 Å². The van der Waals surface area contributed by atoms with Gasteiger partial charge in [0.1, 0.15) is 0 Å². The molecule has 1 aromatic carbocycles. The zero-order valence-corrected chi connectivity index (χ0v) is 13.9. The van der Waals surface area contributed by atoms with E-state index in [0.717, 1.165) is 12.0 Å². The van der Waals surface area contributed by atoms with Gasteiger partial charge in [0.05, 0.1) is 18.1 Å². The number of benzene rings is 1. The number of nitrogens with one attached hydrogen (secondary N) is 1. The van der Waals surface area contributed by atoms with Crippen LogP contribution in [0, 0.1) is 0 Å². The highest BCUT2D eigenvalue weighted by atomic mass is 35.5. The van der Waals surface area contributed by atoms with Crippen LogP contribution in [0.5, 0.6) is 5.75 Å². The van der Waals surface area contributed by atoms with Crippen LogP contribution in [0.4, 0.5) is 0 Å². The fourth-order valence-corrected chi connectivity index (χ4v) is 3.42. The summed E-state index contributed by atoms with van der Waals surface area (Å²) in [5.74, 6) is 0.923. The van der Waals surface area contributed by atoms with Crippen LogP contribution in [0.25, 0.3) is 0 Å². The molecule has 0 aliphatic heterocycles. The number of hydrogen-bond donors (Lipinski definition) is 1. The van der Waals surface area contributed by atoms with Crippen LogP contribution in [0.15, 0.2) is 41.3 Å². The number of ether oxygens (including phenoxy) is 1. The smallest absolute Gasteiger partial charge is 0.223 e. The molecule has 0 aliphatic carbocycles. The van der Waals surface area contributed by atoms with Gasteiger partial charge < -0.3 is 9.72 Å². The molecule has 1 N–H and O–H groups in total. The van der Waals surface area contributed by atoms with Crippen LogP contribution in [0.3, 0.4) is 0 Å². The lowest BCUT2D eigenvalue weighted by molar-refractivity contribution is 0.313. The van der Waals surface area contributed by atoms with Crippen molar-refractivity contribution in [2.75, 3.05) is 6.61 Å². The van der Waals surface area contributed by atoms with Crippen LogP contribution >= 0.6 is 11.6 Å². The molecule has 1 aromatic heterocycles. The lowest BCUT2D eigenvalue weighted by Crippen LogP contribution is -2.11. The van der Waals surface area contributed by atoms with Crippen LogP contribution in [0.1, 0.15) is 24.6 Å². The maximum absolute atomic E-state index is 12.2. The number of rotatable bonds is 7. The molecule has 0 saturated carbocycles. The number of halogens is 1. The summed E-state index contributed by atoms with van der Waals surface area (Å²) in [7, 11) is -1.15. The van der Waals surface area contributed by atoms with Crippen molar-refractivity contribution in [3.63, 3.8) is 0 Å². The normalized spacial score (nSPS) is 12.1. The van der Waals surface area contributed by atoms with Crippen molar-refractivity contribution >= 4 is 22.4 Å². The van der Waals surface area contributed by atoms with E-state index in [0.29, 0.717) is 28.8 Å². The summed E-state index contributed by atoms with van der Waals surface area (Å²) in [6, 6.07) is 8.76. The van der Waals surface area contributed by atoms with E-state index in [2.05, 4.69) is 4.98 Å². The highest BCUT2D eigenvalue weighted by Gasteiger charge is 2.08. The highest BCUT2D eigenvalue weighted by molar-refractivity contribution is 7.83. The van der Waals surface area contributed by atoms with Gasteiger partial charge >= 0.3 is 0 Å². The van der Waals surface area contributed by atoms with E-state index in [1.54, 1.807) is 6.07 Å². The first kappa shape index (κ1) is 16.8. The van der Waals surface area contributed by atoms with Gasteiger partial charge in [0.15, 0.2) is 5.75 Å². The second kappa shape index (κ2) is 8.15. The molecule has 0 fully saturated rings. The van der Waals surface area contributed by atoms with Crippen molar-refractivity contribution in [1.82, 2.24) is 4.98 Å². The largest absolute Gasteiger partial charge is 0.488 e. The van der Waals surface area contributed by atoms with E-state index < -0.39 is 10.8 Å². The van der Waals surface area contributed by atoms with Gasteiger partial charge in [-0.05, 0) is 18.1 Å². The quantitative estimate of drug-likeness (QED) is 0.842. The Labute approximate surface area is 136 Å². The third kappa shape index (κ3) is 4.71. The molecular weight excluding hydrogens is 322 g/mol. The van der Waals surface area contributed by atoms with Crippen molar-refractivity contribution in [1.29, 1.82) is 0 Å². The molecule has 1 atom stereocenters. The minimum atomic E-state index is -1.15. The standard InChI is InChI=1S/C16H18ClNO3S/c1-2-7-21-16-9-18-13(8-15(16)19)11-22(20)10-12-5-3-4-6-14(12)17/h3-6,8-9H,2,7,10-11H2,1H3,(H,18,19). The van der Waals surface area contributed by atoms with E-state index in [1.165, 1.54) is 12.3 Å². The molecule has 0 spiro atoms. The van der Waals surface area contributed by atoms with Crippen LogP contribution in [-0.2, 0) is 22.3 Å². The Morgan fingerprint density at radius 3 is 2.73 bits per heavy atom. The van der Waals surface area contributed by atoms with E-state index >= 15 is 0 Å². The summed E-state index contributed by atoms with van der Waals surface area (Å²) in [5, 5.41) is 0.604. The Balaban J connectivity index is 2.01. The second-order valence-corrected chi connectivity index (χ2v) is 6.72. The number of H-pyrrole nitrogens is 1. The van der Waals surface area contributed by atoms with Gasteiger partial charge in [-0.3, -0.25) is 9.00 Å². The van der Waals surface area contributed by atoms with Gasteiger partial charge in [0, 0.05) is 33.8 Å². The summed E-state index contributed by atoms with van der Waals surface area (Å²) in [6.07, 6.45) is 2.36. The van der Waals surface area contributed by atoms with Crippen molar-refractivity contribution in [3.8, 4) is 5.75 Å². The Kier molecular flexibility index (Phi) is 6.21. The molecule has 1 unspecified atom stereocenters. The lowest BCUT2D eigenvalue weighted by Gasteiger charge is -2.07. The van der Waals surface area contributed by atoms with Gasteiger partial charge in [0.2, 0.25) is 5.43 Å². The zero-order chi connectivity index (χ0) is 15.9. The SMILES string of the molecule is CCCOc1c[nH]c(CS(=O)Cc2ccccc2Cl)cc1=O. The maximum atomic E-state index is 12.2. The van der Waals surface area contributed by atoms with Crippen molar-refractivity contribution in [3.05, 3.63) is 63.0 Å². The Morgan fingerprint density at radius 1 is 1.27 bits per heavy atom. The Bertz CT molecular complexity index is 715. The number of aromatic nitrogens is 1. The number of aromatic amines is 1. The first-order chi connectivity index (χ1) is 10.6. The third-order valence-electron chi connectivity index (χ3n) is 2.99. The van der Waals surface area contributed by atoms with Gasteiger partial charge in [-0.1, -0.05) is 36.7 Å². The summed E-state index contributed by atoms with van der Waals surface area (Å²) < 4.78 is 17.5. The van der Waals surface area contributed by atoms with E-state index in [4.69, 9.17) is 16.3 Å². The molecule has 6 heteroatoms. The fourth-order valence-electron chi connectivity index (χ4n) is 1.92. The molecule has 1 heterocycles. The molecule has 0 bridgehead atoms. The third-order valence-corrected chi connectivity index (χ3v) is 4.62. The molecule has 0 radical (unpaired) electrons.